The molecule has 1 atom stereocenters. The van der Waals surface area contributed by atoms with E-state index in [1.807, 2.05) is 18.2 Å². The van der Waals surface area contributed by atoms with Gasteiger partial charge in [0.25, 0.3) is 0 Å². The van der Waals surface area contributed by atoms with Crippen LogP contribution in [-0.2, 0) is 0 Å². The molecule has 18 heavy (non-hydrogen) atoms. The Morgan fingerprint density at radius 3 is 2.61 bits per heavy atom. The van der Waals surface area contributed by atoms with E-state index < -0.39 is 0 Å². The van der Waals surface area contributed by atoms with E-state index in [2.05, 4.69) is 37.8 Å². The van der Waals surface area contributed by atoms with Crippen molar-refractivity contribution in [2.45, 2.75) is 33.6 Å². The van der Waals surface area contributed by atoms with E-state index in [-0.39, 0.29) is 5.41 Å². The Morgan fingerprint density at radius 2 is 2.00 bits per heavy atom. The molecule has 0 unspecified atom stereocenters. The highest BCUT2D eigenvalue weighted by Gasteiger charge is 2.25. The van der Waals surface area contributed by atoms with Crippen LogP contribution < -0.4 is 5.73 Å². The Hall–Kier alpha value is -1.84. The summed E-state index contributed by atoms with van der Waals surface area (Å²) < 4.78 is 5.35. The van der Waals surface area contributed by atoms with Gasteiger partial charge < -0.3 is 10.3 Å². The molecule has 0 saturated carbocycles. The minimum absolute atomic E-state index is 0.150. The number of rotatable bonds is 2. The van der Waals surface area contributed by atoms with Crippen molar-refractivity contribution in [3.8, 4) is 11.5 Å². The molecule has 2 N–H and O–H groups in total. The fourth-order valence-corrected chi connectivity index (χ4v) is 1.65. The van der Waals surface area contributed by atoms with Crippen LogP contribution in [0.1, 0.15) is 39.3 Å². The normalized spacial score (nSPS) is 13.6. The van der Waals surface area contributed by atoms with Crippen molar-refractivity contribution in [2.75, 3.05) is 5.73 Å². The third-order valence-corrected chi connectivity index (χ3v) is 3.29. The van der Waals surface area contributed by atoms with Crippen molar-refractivity contribution in [1.29, 1.82) is 0 Å². The fraction of sp³-hybridized carbons (Fsp3) is 0.429. The molecule has 0 aliphatic rings. The van der Waals surface area contributed by atoms with Gasteiger partial charge in [-0.05, 0) is 17.5 Å². The van der Waals surface area contributed by atoms with Gasteiger partial charge in [-0.3, -0.25) is 0 Å². The first-order chi connectivity index (χ1) is 8.38. The number of anilines is 1. The molecule has 0 aromatic carbocycles. The van der Waals surface area contributed by atoms with Gasteiger partial charge in [0.15, 0.2) is 5.76 Å². The van der Waals surface area contributed by atoms with Crippen LogP contribution in [0.25, 0.3) is 11.5 Å². The average molecular weight is 245 g/mol. The molecule has 2 aromatic rings. The quantitative estimate of drug-likeness (QED) is 0.879. The van der Waals surface area contributed by atoms with Crippen LogP contribution in [0.3, 0.4) is 0 Å². The summed E-state index contributed by atoms with van der Waals surface area (Å²) in [5.41, 5.74) is 7.47. The summed E-state index contributed by atoms with van der Waals surface area (Å²) in [7, 11) is 0. The number of nitrogen functional groups attached to an aromatic ring is 1. The summed E-state index contributed by atoms with van der Waals surface area (Å²) in [6.45, 7) is 8.70. The summed E-state index contributed by atoms with van der Waals surface area (Å²) in [4.78, 5) is 4.22. The predicted octanol–water partition coefficient (Wildman–Crippen LogP) is 3.47. The smallest absolute Gasteiger partial charge is 0.185 e. The van der Waals surface area contributed by atoms with Gasteiger partial charge in [0.2, 0.25) is 0 Å². The molecule has 0 spiro atoms. The molecule has 2 rings (SSSR count). The van der Waals surface area contributed by atoms with Crippen LogP contribution in [0.15, 0.2) is 28.8 Å². The zero-order valence-corrected chi connectivity index (χ0v) is 11.3. The number of nitrogens with two attached hydrogens (primary N) is 1. The van der Waals surface area contributed by atoms with Gasteiger partial charge in [-0.25, -0.2) is 4.98 Å². The minimum Gasteiger partial charge on any atom is -0.384 e. The first kappa shape index (κ1) is 12.6. The Kier molecular flexibility index (Phi) is 3.11. The Labute approximate surface area is 107 Å². The van der Waals surface area contributed by atoms with Crippen LogP contribution in [0.2, 0.25) is 0 Å². The van der Waals surface area contributed by atoms with E-state index in [1.54, 1.807) is 6.07 Å². The van der Waals surface area contributed by atoms with Crippen molar-refractivity contribution < 1.29 is 4.52 Å². The van der Waals surface area contributed by atoms with Crippen LogP contribution in [0.4, 0.5) is 5.82 Å². The molecule has 4 nitrogen and oxygen atoms in total. The fourth-order valence-electron chi connectivity index (χ4n) is 1.65. The molecule has 2 aromatic heterocycles. The molecular weight excluding hydrogens is 226 g/mol. The number of nitrogens with zero attached hydrogens (tertiary/aromatic N) is 2. The van der Waals surface area contributed by atoms with Crippen molar-refractivity contribution in [3.63, 3.8) is 0 Å². The van der Waals surface area contributed by atoms with Gasteiger partial charge in [0.05, 0.1) is 5.69 Å². The summed E-state index contributed by atoms with van der Waals surface area (Å²) >= 11 is 0. The molecule has 0 amide bonds. The van der Waals surface area contributed by atoms with E-state index in [0.717, 1.165) is 11.4 Å². The minimum atomic E-state index is 0.150. The van der Waals surface area contributed by atoms with E-state index >= 15 is 0 Å². The largest absolute Gasteiger partial charge is 0.384 e. The van der Waals surface area contributed by atoms with E-state index in [0.29, 0.717) is 17.5 Å². The average Bonchev–Trinajstić information content (AvgIpc) is 2.75. The lowest BCUT2D eigenvalue weighted by molar-refractivity contribution is 0.318. The number of hydrogen-bond donors (Lipinski definition) is 1. The number of pyridine rings is 1. The molecule has 0 aliphatic carbocycles. The first-order valence-electron chi connectivity index (χ1n) is 6.07. The third kappa shape index (κ3) is 2.53. The molecule has 0 aliphatic heterocycles. The van der Waals surface area contributed by atoms with E-state index in [9.17, 15) is 0 Å². The lowest BCUT2D eigenvalue weighted by Gasteiger charge is -2.24. The second-order valence-corrected chi connectivity index (χ2v) is 5.65. The van der Waals surface area contributed by atoms with Gasteiger partial charge in [-0.15, -0.1) is 0 Å². The number of aromatic nitrogens is 2. The molecule has 4 heteroatoms. The van der Waals surface area contributed by atoms with Crippen molar-refractivity contribution in [1.82, 2.24) is 10.1 Å². The third-order valence-electron chi connectivity index (χ3n) is 3.29. The monoisotopic (exact) mass is 245 g/mol. The van der Waals surface area contributed by atoms with Crippen LogP contribution in [0.5, 0.6) is 0 Å². The summed E-state index contributed by atoms with van der Waals surface area (Å²) in [6.07, 6.45) is 0. The van der Waals surface area contributed by atoms with Crippen molar-refractivity contribution >= 4 is 5.82 Å². The van der Waals surface area contributed by atoms with Gasteiger partial charge >= 0.3 is 0 Å². The SMILES string of the molecule is C[C@@H](c1cc(-c2cccc(N)n2)on1)C(C)(C)C. The molecule has 0 bridgehead atoms. The summed E-state index contributed by atoms with van der Waals surface area (Å²) in [5.74, 6) is 1.46. The highest BCUT2D eigenvalue weighted by molar-refractivity contribution is 5.54. The number of hydrogen-bond acceptors (Lipinski definition) is 4. The lowest BCUT2D eigenvalue weighted by atomic mass is 9.80. The topological polar surface area (TPSA) is 64.9 Å². The molecule has 0 radical (unpaired) electrons. The Bertz CT molecular complexity index is 540. The highest BCUT2D eigenvalue weighted by atomic mass is 16.5. The maximum Gasteiger partial charge on any atom is 0.185 e. The van der Waals surface area contributed by atoms with Crippen LogP contribution in [-0.4, -0.2) is 10.1 Å². The Balaban J connectivity index is 2.31. The van der Waals surface area contributed by atoms with Gasteiger partial charge in [0, 0.05) is 12.0 Å². The lowest BCUT2D eigenvalue weighted by Crippen LogP contribution is -2.15. The van der Waals surface area contributed by atoms with Crippen LogP contribution >= 0.6 is 0 Å². The molecule has 2 heterocycles. The Morgan fingerprint density at radius 1 is 1.28 bits per heavy atom. The maximum absolute atomic E-state index is 5.66. The predicted molar refractivity (Wildman–Crippen MR) is 72.0 cm³/mol. The molecular formula is C14H19N3O. The van der Waals surface area contributed by atoms with Crippen molar-refractivity contribution in [2.24, 2.45) is 5.41 Å². The highest BCUT2D eigenvalue weighted by Crippen LogP contribution is 2.35. The first-order valence-corrected chi connectivity index (χ1v) is 6.07. The zero-order chi connectivity index (χ0) is 13.3. The van der Waals surface area contributed by atoms with Crippen molar-refractivity contribution in [3.05, 3.63) is 30.0 Å². The molecule has 0 fully saturated rings. The van der Waals surface area contributed by atoms with E-state index in [4.69, 9.17) is 10.3 Å². The summed E-state index contributed by atoms with van der Waals surface area (Å²) in [6, 6.07) is 7.41. The molecule has 0 saturated heterocycles. The standard InChI is InChI=1S/C14H19N3O/c1-9(14(2,3)4)11-8-12(18-17-11)10-6-5-7-13(15)16-10/h5-9H,1-4H3,(H2,15,16)/t9-/m0/s1. The van der Waals surface area contributed by atoms with Crippen LogP contribution in [0, 0.1) is 5.41 Å². The second-order valence-electron chi connectivity index (χ2n) is 5.65. The molecule has 96 valence electrons. The maximum atomic E-state index is 5.66. The summed E-state index contributed by atoms with van der Waals surface area (Å²) in [5, 5.41) is 4.13. The van der Waals surface area contributed by atoms with Gasteiger partial charge in [-0.1, -0.05) is 38.9 Å². The van der Waals surface area contributed by atoms with Gasteiger partial charge in [0.1, 0.15) is 11.5 Å². The zero-order valence-electron chi connectivity index (χ0n) is 11.3. The van der Waals surface area contributed by atoms with E-state index in [1.165, 1.54) is 0 Å². The second kappa shape index (κ2) is 4.44. The van der Waals surface area contributed by atoms with Gasteiger partial charge in [-0.2, -0.15) is 0 Å².